The largest absolute Gasteiger partial charge is 0.375 e. The summed E-state index contributed by atoms with van der Waals surface area (Å²) in [7, 11) is -3.75. The highest BCUT2D eigenvalue weighted by Gasteiger charge is 2.33. The van der Waals surface area contributed by atoms with E-state index in [0.717, 1.165) is 30.5 Å². The van der Waals surface area contributed by atoms with Crippen molar-refractivity contribution in [3.63, 3.8) is 0 Å². The molecule has 0 aliphatic carbocycles. The Kier molecular flexibility index (Phi) is 5.97. The SMILES string of the molecule is CCCCc1ccc(-c2ccccc2S(=O)(=O)NC2ON=C(C)C2C)cc1. The number of hydrogen-bond acceptors (Lipinski definition) is 4. The van der Waals surface area contributed by atoms with E-state index < -0.39 is 16.3 Å². The minimum absolute atomic E-state index is 0.107. The van der Waals surface area contributed by atoms with Crippen LogP contribution in [-0.2, 0) is 21.3 Å². The Hall–Kier alpha value is -2.18. The zero-order chi connectivity index (χ0) is 19.4. The quantitative estimate of drug-likeness (QED) is 0.769. The molecular weight excluding hydrogens is 360 g/mol. The third kappa shape index (κ3) is 4.39. The monoisotopic (exact) mass is 386 g/mol. The lowest BCUT2D eigenvalue weighted by Crippen LogP contribution is -2.39. The molecule has 0 aromatic heterocycles. The van der Waals surface area contributed by atoms with Crippen molar-refractivity contribution in [3.05, 3.63) is 54.1 Å². The van der Waals surface area contributed by atoms with Gasteiger partial charge in [0.05, 0.1) is 16.5 Å². The topological polar surface area (TPSA) is 67.8 Å². The van der Waals surface area contributed by atoms with Crippen LogP contribution in [0.25, 0.3) is 11.1 Å². The van der Waals surface area contributed by atoms with Gasteiger partial charge in [-0.2, -0.15) is 4.72 Å². The van der Waals surface area contributed by atoms with Crippen LogP contribution in [0.1, 0.15) is 39.2 Å². The van der Waals surface area contributed by atoms with Gasteiger partial charge >= 0.3 is 0 Å². The minimum Gasteiger partial charge on any atom is -0.375 e. The highest BCUT2D eigenvalue weighted by atomic mass is 32.2. The molecule has 1 aliphatic heterocycles. The molecular formula is C21H26N2O3S. The van der Waals surface area contributed by atoms with Crippen LogP contribution < -0.4 is 4.72 Å². The maximum absolute atomic E-state index is 13.0. The van der Waals surface area contributed by atoms with Gasteiger partial charge < -0.3 is 4.84 Å². The molecule has 0 spiro atoms. The molecule has 2 aromatic carbocycles. The molecule has 1 aliphatic rings. The van der Waals surface area contributed by atoms with Gasteiger partial charge in [0.25, 0.3) is 0 Å². The Morgan fingerprint density at radius 3 is 2.44 bits per heavy atom. The summed E-state index contributed by atoms with van der Waals surface area (Å²) < 4.78 is 28.6. The summed E-state index contributed by atoms with van der Waals surface area (Å²) in [6.07, 6.45) is 2.66. The Balaban J connectivity index is 1.87. The molecule has 0 saturated carbocycles. The fourth-order valence-electron chi connectivity index (χ4n) is 3.04. The first-order chi connectivity index (χ1) is 12.9. The zero-order valence-corrected chi connectivity index (χ0v) is 16.8. The second-order valence-electron chi connectivity index (χ2n) is 6.97. The number of benzene rings is 2. The Bertz CT molecular complexity index is 921. The first kappa shape index (κ1) is 19.6. The Morgan fingerprint density at radius 2 is 1.81 bits per heavy atom. The second kappa shape index (κ2) is 8.23. The molecule has 1 heterocycles. The van der Waals surface area contributed by atoms with Gasteiger partial charge in [0.15, 0.2) is 6.23 Å². The lowest BCUT2D eigenvalue weighted by molar-refractivity contribution is 0.0576. The fourth-order valence-corrected chi connectivity index (χ4v) is 4.46. The summed E-state index contributed by atoms with van der Waals surface area (Å²) >= 11 is 0. The Labute approximate surface area is 161 Å². The predicted molar refractivity (Wildman–Crippen MR) is 108 cm³/mol. The van der Waals surface area contributed by atoms with Crippen molar-refractivity contribution in [1.82, 2.24) is 4.72 Å². The van der Waals surface area contributed by atoms with Gasteiger partial charge in [0, 0.05) is 5.56 Å². The highest BCUT2D eigenvalue weighted by molar-refractivity contribution is 7.89. The first-order valence-electron chi connectivity index (χ1n) is 9.33. The number of sulfonamides is 1. The molecule has 0 fully saturated rings. The van der Waals surface area contributed by atoms with Crippen molar-refractivity contribution >= 4 is 15.7 Å². The van der Waals surface area contributed by atoms with Crippen molar-refractivity contribution in [2.75, 3.05) is 0 Å². The van der Waals surface area contributed by atoms with E-state index in [9.17, 15) is 8.42 Å². The van der Waals surface area contributed by atoms with E-state index in [1.54, 1.807) is 12.1 Å². The molecule has 0 saturated heterocycles. The molecule has 2 atom stereocenters. The van der Waals surface area contributed by atoms with Crippen molar-refractivity contribution in [1.29, 1.82) is 0 Å². The average molecular weight is 387 g/mol. The molecule has 3 rings (SSSR count). The van der Waals surface area contributed by atoms with Gasteiger partial charge in [0.1, 0.15) is 0 Å². The molecule has 0 radical (unpaired) electrons. The number of oxime groups is 1. The number of hydrogen-bond donors (Lipinski definition) is 1. The van der Waals surface area contributed by atoms with Crippen LogP contribution in [0.3, 0.4) is 0 Å². The summed E-state index contributed by atoms with van der Waals surface area (Å²) in [4.78, 5) is 5.47. The summed E-state index contributed by atoms with van der Waals surface area (Å²) in [6.45, 7) is 5.89. The van der Waals surface area contributed by atoms with Gasteiger partial charge in [-0.1, -0.05) is 67.9 Å². The lowest BCUT2D eigenvalue weighted by atomic mass is 10.0. The number of aryl methyl sites for hydroxylation is 1. The first-order valence-corrected chi connectivity index (χ1v) is 10.8. The van der Waals surface area contributed by atoms with Gasteiger partial charge in [-0.15, -0.1) is 0 Å². The highest BCUT2D eigenvalue weighted by Crippen LogP contribution is 2.29. The standard InChI is InChI=1S/C21H26N2O3S/c1-4-5-8-17-11-13-18(14-12-17)19-9-6-7-10-20(19)27(24,25)23-21-15(2)16(3)22-26-21/h6-7,9-15,21,23H,4-5,8H2,1-3H3. The number of nitrogens with zero attached hydrogens (tertiary/aromatic N) is 1. The molecule has 5 nitrogen and oxygen atoms in total. The van der Waals surface area contributed by atoms with Crippen LogP contribution in [-0.4, -0.2) is 20.4 Å². The minimum atomic E-state index is -3.75. The number of rotatable bonds is 7. The summed E-state index contributed by atoms with van der Waals surface area (Å²) in [5.74, 6) is -0.107. The van der Waals surface area contributed by atoms with E-state index >= 15 is 0 Å². The molecule has 1 N–H and O–H groups in total. The summed E-state index contributed by atoms with van der Waals surface area (Å²) in [5, 5.41) is 3.88. The van der Waals surface area contributed by atoms with Gasteiger partial charge in [-0.25, -0.2) is 8.42 Å². The van der Waals surface area contributed by atoms with Crippen molar-refractivity contribution in [3.8, 4) is 11.1 Å². The van der Waals surface area contributed by atoms with Gasteiger partial charge in [-0.3, -0.25) is 0 Å². The smallest absolute Gasteiger partial charge is 0.244 e. The van der Waals surface area contributed by atoms with E-state index in [-0.39, 0.29) is 10.8 Å². The maximum Gasteiger partial charge on any atom is 0.244 e. The summed E-state index contributed by atoms with van der Waals surface area (Å²) in [5.41, 5.74) is 3.60. The third-order valence-corrected chi connectivity index (χ3v) is 6.43. The summed E-state index contributed by atoms with van der Waals surface area (Å²) in [6, 6.07) is 15.1. The number of unbranched alkanes of at least 4 members (excludes halogenated alkanes) is 1. The zero-order valence-electron chi connectivity index (χ0n) is 16.0. The van der Waals surface area contributed by atoms with Crippen LogP contribution in [0, 0.1) is 5.92 Å². The maximum atomic E-state index is 13.0. The molecule has 2 aromatic rings. The van der Waals surface area contributed by atoms with E-state index in [0.29, 0.717) is 5.56 Å². The normalized spacial score (nSPS) is 19.6. The fraction of sp³-hybridized carbons (Fsp3) is 0.381. The van der Waals surface area contributed by atoms with Crippen LogP contribution in [0.5, 0.6) is 0 Å². The van der Waals surface area contributed by atoms with E-state index in [1.165, 1.54) is 5.56 Å². The van der Waals surface area contributed by atoms with Gasteiger partial charge in [-0.05, 0) is 37.0 Å². The third-order valence-electron chi connectivity index (χ3n) is 4.96. The van der Waals surface area contributed by atoms with Crippen LogP contribution in [0.15, 0.2) is 58.6 Å². The number of nitrogens with one attached hydrogen (secondary N) is 1. The van der Waals surface area contributed by atoms with Crippen molar-refractivity contribution in [2.24, 2.45) is 11.1 Å². The lowest BCUT2D eigenvalue weighted by Gasteiger charge is -2.17. The molecule has 0 amide bonds. The van der Waals surface area contributed by atoms with Gasteiger partial charge in [0.2, 0.25) is 10.0 Å². The molecule has 0 bridgehead atoms. The van der Waals surface area contributed by atoms with Crippen LogP contribution in [0.4, 0.5) is 0 Å². The van der Waals surface area contributed by atoms with E-state index in [1.807, 2.05) is 38.1 Å². The Morgan fingerprint density at radius 1 is 1.11 bits per heavy atom. The van der Waals surface area contributed by atoms with Crippen molar-refractivity contribution in [2.45, 2.75) is 51.2 Å². The molecule has 6 heteroatoms. The second-order valence-corrected chi connectivity index (χ2v) is 8.65. The van der Waals surface area contributed by atoms with E-state index in [2.05, 4.69) is 28.9 Å². The van der Waals surface area contributed by atoms with Crippen molar-refractivity contribution < 1.29 is 13.3 Å². The molecule has 2 unspecified atom stereocenters. The van der Waals surface area contributed by atoms with Crippen LogP contribution in [0.2, 0.25) is 0 Å². The predicted octanol–water partition coefficient (Wildman–Crippen LogP) is 4.34. The van der Waals surface area contributed by atoms with Crippen LogP contribution >= 0.6 is 0 Å². The molecule has 27 heavy (non-hydrogen) atoms. The molecule has 144 valence electrons. The van der Waals surface area contributed by atoms with E-state index in [4.69, 9.17) is 4.84 Å². The average Bonchev–Trinajstić information content (AvgIpc) is 2.98.